The van der Waals surface area contributed by atoms with E-state index >= 15 is 0 Å². The molecule has 0 saturated carbocycles. The SMILES string of the molecule is CC(C)(NC(=O)N(O)c1ccccc1)c1ccc(Cl)s1. The number of urea groups is 1. The van der Waals surface area contributed by atoms with Crippen molar-refractivity contribution in [3.05, 3.63) is 51.7 Å². The molecule has 2 rings (SSSR count). The van der Waals surface area contributed by atoms with E-state index in [-0.39, 0.29) is 0 Å². The molecule has 0 spiro atoms. The van der Waals surface area contributed by atoms with Crippen LogP contribution in [0, 0.1) is 0 Å². The summed E-state index contributed by atoms with van der Waals surface area (Å²) in [6.07, 6.45) is 0. The summed E-state index contributed by atoms with van der Waals surface area (Å²) in [7, 11) is 0. The second-order valence-corrected chi connectivity index (χ2v) is 6.52. The molecule has 1 aromatic heterocycles. The summed E-state index contributed by atoms with van der Waals surface area (Å²) in [6.45, 7) is 3.71. The van der Waals surface area contributed by atoms with Gasteiger partial charge in [0.2, 0.25) is 0 Å². The van der Waals surface area contributed by atoms with Gasteiger partial charge in [-0.15, -0.1) is 11.3 Å². The van der Waals surface area contributed by atoms with Crippen LogP contribution >= 0.6 is 22.9 Å². The third-order valence-electron chi connectivity index (χ3n) is 2.80. The van der Waals surface area contributed by atoms with Gasteiger partial charge >= 0.3 is 6.03 Å². The first-order chi connectivity index (χ1) is 9.40. The molecule has 0 aliphatic heterocycles. The molecule has 0 aliphatic carbocycles. The van der Waals surface area contributed by atoms with Crippen LogP contribution < -0.4 is 10.4 Å². The normalized spacial score (nSPS) is 11.2. The number of hydrogen-bond acceptors (Lipinski definition) is 3. The van der Waals surface area contributed by atoms with Gasteiger partial charge in [-0.05, 0) is 38.1 Å². The molecule has 0 aliphatic rings. The van der Waals surface area contributed by atoms with Crippen LogP contribution in [0.5, 0.6) is 0 Å². The molecule has 4 nitrogen and oxygen atoms in total. The maximum Gasteiger partial charge on any atom is 0.346 e. The van der Waals surface area contributed by atoms with Crippen LogP contribution in [0.1, 0.15) is 18.7 Å². The fourth-order valence-electron chi connectivity index (χ4n) is 1.72. The third-order valence-corrected chi connectivity index (χ3v) is 4.36. The van der Waals surface area contributed by atoms with Gasteiger partial charge in [-0.3, -0.25) is 5.21 Å². The second-order valence-electron chi connectivity index (χ2n) is 4.81. The predicted molar refractivity (Wildman–Crippen MR) is 81.6 cm³/mol. The minimum Gasteiger partial charge on any atom is -0.326 e. The van der Waals surface area contributed by atoms with E-state index < -0.39 is 11.6 Å². The Morgan fingerprint density at radius 2 is 1.90 bits per heavy atom. The Balaban J connectivity index is 2.11. The highest BCUT2D eigenvalue weighted by atomic mass is 35.5. The van der Waals surface area contributed by atoms with Crippen molar-refractivity contribution in [1.29, 1.82) is 0 Å². The molecule has 1 aromatic carbocycles. The molecule has 0 saturated heterocycles. The average Bonchev–Trinajstić information content (AvgIpc) is 2.86. The fourth-order valence-corrected chi connectivity index (χ4v) is 2.82. The smallest absolute Gasteiger partial charge is 0.326 e. The summed E-state index contributed by atoms with van der Waals surface area (Å²) in [4.78, 5) is 13.0. The Hall–Kier alpha value is -1.56. The molecular weight excluding hydrogens is 296 g/mol. The van der Waals surface area contributed by atoms with Crippen LogP contribution in [0.3, 0.4) is 0 Å². The number of rotatable bonds is 3. The van der Waals surface area contributed by atoms with Crippen molar-refractivity contribution in [2.24, 2.45) is 0 Å². The van der Waals surface area contributed by atoms with Gasteiger partial charge in [0.15, 0.2) is 0 Å². The average molecular weight is 311 g/mol. The molecule has 106 valence electrons. The second kappa shape index (κ2) is 5.83. The molecule has 20 heavy (non-hydrogen) atoms. The van der Waals surface area contributed by atoms with Gasteiger partial charge in [-0.25, -0.2) is 4.79 Å². The van der Waals surface area contributed by atoms with E-state index in [0.717, 1.165) is 4.88 Å². The van der Waals surface area contributed by atoms with Crippen molar-refractivity contribution >= 4 is 34.7 Å². The van der Waals surface area contributed by atoms with Crippen LogP contribution in [-0.4, -0.2) is 11.2 Å². The fraction of sp³-hybridized carbons (Fsp3) is 0.214. The van der Waals surface area contributed by atoms with Crippen LogP contribution in [0.25, 0.3) is 0 Å². The first-order valence-electron chi connectivity index (χ1n) is 6.02. The van der Waals surface area contributed by atoms with E-state index in [2.05, 4.69) is 5.32 Å². The molecule has 0 unspecified atom stereocenters. The number of hydroxylamine groups is 1. The van der Waals surface area contributed by atoms with Gasteiger partial charge in [-0.1, -0.05) is 29.8 Å². The number of thiophene rings is 1. The molecule has 0 fully saturated rings. The number of nitrogens with zero attached hydrogens (tertiary/aromatic N) is 1. The zero-order valence-corrected chi connectivity index (χ0v) is 12.7. The number of nitrogens with one attached hydrogen (secondary N) is 1. The Kier molecular flexibility index (Phi) is 4.32. The standard InChI is InChI=1S/C14H15ClN2O2S/c1-14(2,11-8-9-12(15)20-11)16-13(18)17(19)10-6-4-3-5-7-10/h3-9,19H,1-2H3,(H,16,18). The number of amides is 2. The molecule has 2 amide bonds. The monoisotopic (exact) mass is 310 g/mol. The van der Waals surface area contributed by atoms with Crippen molar-refractivity contribution in [1.82, 2.24) is 5.32 Å². The van der Waals surface area contributed by atoms with Crippen LogP contribution in [0.4, 0.5) is 10.5 Å². The van der Waals surface area contributed by atoms with Crippen LogP contribution in [-0.2, 0) is 5.54 Å². The topological polar surface area (TPSA) is 52.6 Å². The molecular formula is C14H15ClN2O2S. The highest BCUT2D eigenvalue weighted by Gasteiger charge is 2.27. The van der Waals surface area contributed by atoms with E-state index in [4.69, 9.17) is 11.6 Å². The Morgan fingerprint density at radius 3 is 2.45 bits per heavy atom. The number of carbonyl (C=O) groups excluding carboxylic acids is 1. The third kappa shape index (κ3) is 3.30. The van der Waals surface area contributed by atoms with Crippen molar-refractivity contribution in [3.63, 3.8) is 0 Å². The molecule has 0 radical (unpaired) electrons. The van der Waals surface area contributed by atoms with Gasteiger partial charge in [0.05, 0.1) is 15.6 Å². The number of anilines is 1. The summed E-state index contributed by atoms with van der Waals surface area (Å²) >= 11 is 7.30. The van der Waals surface area contributed by atoms with Gasteiger partial charge in [-0.2, -0.15) is 5.06 Å². The summed E-state index contributed by atoms with van der Waals surface area (Å²) in [6, 6.07) is 11.6. The Morgan fingerprint density at radius 1 is 1.25 bits per heavy atom. The number of para-hydroxylation sites is 1. The van der Waals surface area contributed by atoms with E-state index in [1.165, 1.54) is 11.3 Å². The summed E-state index contributed by atoms with van der Waals surface area (Å²) in [5, 5.41) is 13.3. The first-order valence-corrected chi connectivity index (χ1v) is 7.21. The Labute approximate surface area is 126 Å². The highest BCUT2D eigenvalue weighted by Crippen LogP contribution is 2.30. The molecule has 6 heteroatoms. The first kappa shape index (κ1) is 14.8. The van der Waals surface area contributed by atoms with E-state index in [1.54, 1.807) is 30.3 Å². The zero-order valence-electron chi connectivity index (χ0n) is 11.1. The summed E-state index contributed by atoms with van der Waals surface area (Å²) in [5.41, 5.74) is -0.213. The van der Waals surface area contributed by atoms with Crippen molar-refractivity contribution in [2.75, 3.05) is 5.06 Å². The lowest BCUT2D eigenvalue weighted by atomic mass is 10.0. The van der Waals surface area contributed by atoms with Gasteiger partial charge in [0, 0.05) is 4.88 Å². The molecule has 2 aromatic rings. The van der Waals surface area contributed by atoms with E-state index in [0.29, 0.717) is 15.1 Å². The highest BCUT2D eigenvalue weighted by molar-refractivity contribution is 7.16. The lowest BCUT2D eigenvalue weighted by Crippen LogP contribution is -2.47. The number of benzene rings is 1. The summed E-state index contributed by atoms with van der Waals surface area (Å²) < 4.78 is 0.659. The van der Waals surface area contributed by atoms with Crippen molar-refractivity contribution in [3.8, 4) is 0 Å². The predicted octanol–water partition coefficient (Wildman–Crippen LogP) is 4.24. The zero-order chi connectivity index (χ0) is 14.8. The minimum absolute atomic E-state index is 0.407. The van der Waals surface area contributed by atoms with Gasteiger partial charge < -0.3 is 5.32 Å². The molecule has 1 heterocycles. The maximum absolute atomic E-state index is 12.1. The minimum atomic E-state index is -0.620. The molecule has 0 bridgehead atoms. The van der Waals surface area contributed by atoms with Crippen LogP contribution in [0.2, 0.25) is 4.34 Å². The van der Waals surface area contributed by atoms with Crippen LogP contribution in [0.15, 0.2) is 42.5 Å². The number of carbonyl (C=O) groups is 1. The van der Waals surface area contributed by atoms with Gasteiger partial charge in [0.25, 0.3) is 0 Å². The van der Waals surface area contributed by atoms with Crippen molar-refractivity contribution in [2.45, 2.75) is 19.4 Å². The number of hydrogen-bond donors (Lipinski definition) is 2. The van der Waals surface area contributed by atoms with Gasteiger partial charge in [0.1, 0.15) is 0 Å². The summed E-state index contributed by atoms with van der Waals surface area (Å²) in [5.74, 6) is 0. The van der Waals surface area contributed by atoms with Crippen molar-refractivity contribution < 1.29 is 10.0 Å². The quantitative estimate of drug-likeness (QED) is 0.658. The van der Waals surface area contributed by atoms with E-state index in [9.17, 15) is 10.0 Å². The van der Waals surface area contributed by atoms with E-state index in [1.807, 2.05) is 26.0 Å². The Bertz CT molecular complexity index is 598. The molecule has 2 N–H and O–H groups in total. The maximum atomic E-state index is 12.1. The largest absolute Gasteiger partial charge is 0.346 e. The lowest BCUT2D eigenvalue weighted by molar-refractivity contribution is 0.195. The number of halogens is 1. The lowest BCUT2D eigenvalue weighted by Gasteiger charge is -2.27. The molecule has 0 atom stereocenters.